The van der Waals surface area contributed by atoms with Gasteiger partial charge in [-0.25, -0.2) is 0 Å². The predicted octanol–water partition coefficient (Wildman–Crippen LogP) is 2.24. The van der Waals surface area contributed by atoms with Crippen molar-refractivity contribution in [2.75, 3.05) is 5.73 Å². The van der Waals surface area contributed by atoms with E-state index in [1.165, 1.54) is 0 Å². The lowest BCUT2D eigenvalue weighted by atomic mass is 9.83. The largest absolute Gasteiger partial charge is 0.399 e. The predicted molar refractivity (Wildman–Crippen MR) is 71.7 cm³/mol. The lowest BCUT2D eigenvalue weighted by Gasteiger charge is -2.25. The third-order valence-electron chi connectivity index (χ3n) is 2.91. The standard InChI is InChI=1S/C14H20N2O/c1-5-10(2)16-13(17)14(3,4)11-6-8-12(15)9-7-11/h5-10H,1,15H2,2-4H3,(H,16,17). The smallest absolute Gasteiger partial charge is 0.230 e. The Morgan fingerprint density at radius 2 is 1.94 bits per heavy atom. The Morgan fingerprint density at radius 3 is 2.41 bits per heavy atom. The molecule has 0 aliphatic heterocycles. The number of hydrogen-bond acceptors (Lipinski definition) is 2. The second-order valence-electron chi connectivity index (χ2n) is 4.74. The van der Waals surface area contributed by atoms with Crippen LogP contribution in [0.4, 0.5) is 5.69 Å². The molecule has 17 heavy (non-hydrogen) atoms. The zero-order chi connectivity index (χ0) is 13.1. The van der Waals surface area contributed by atoms with Crippen LogP contribution in [0.25, 0.3) is 0 Å². The molecule has 0 spiro atoms. The molecule has 0 heterocycles. The van der Waals surface area contributed by atoms with Crippen LogP contribution in [0.15, 0.2) is 36.9 Å². The molecule has 0 aromatic heterocycles. The molecule has 3 N–H and O–H groups in total. The van der Waals surface area contributed by atoms with Crippen LogP contribution in [0.3, 0.4) is 0 Å². The minimum atomic E-state index is -0.578. The summed E-state index contributed by atoms with van der Waals surface area (Å²) in [6.45, 7) is 9.33. The van der Waals surface area contributed by atoms with Gasteiger partial charge in [0.25, 0.3) is 0 Å². The average molecular weight is 232 g/mol. The molecule has 0 fully saturated rings. The Bertz CT molecular complexity index is 407. The number of hydrogen-bond donors (Lipinski definition) is 2. The van der Waals surface area contributed by atoms with Crippen molar-refractivity contribution in [1.29, 1.82) is 0 Å². The van der Waals surface area contributed by atoms with Crippen LogP contribution < -0.4 is 11.1 Å². The number of nitrogens with two attached hydrogens (primary N) is 1. The number of anilines is 1. The van der Waals surface area contributed by atoms with Crippen molar-refractivity contribution in [3.8, 4) is 0 Å². The van der Waals surface area contributed by atoms with E-state index in [0.29, 0.717) is 5.69 Å². The molecule has 0 saturated heterocycles. The van der Waals surface area contributed by atoms with E-state index in [1.54, 1.807) is 18.2 Å². The third kappa shape index (κ3) is 3.09. The van der Waals surface area contributed by atoms with E-state index in [9.17, 15) is 4.79 Å². The molecule has 1 aromatic rings. The highest BCUT2D eigenvalue weighted by atomic mass is 16.2. The molecule has 0 aliphatic carbocycles. The van der Waals surface area contributed by atoms with Crippen LogP contribution in [0, 0.1) is 0 Å². The summed E-state index contributed by atoms with van der Waals surface area (Å²) in [7, 11) is 0. The highest BCUT2D eigenvalue weighted by molar-refractivity contribution is 5.87. The zero-order valence-corrected chi connectivity index (χ0v) is 10.7. The number of rotatable bonds is 4. The van der Waals surface area contributed by atoms with E-state index in [4.69, 9.17) is 5.73 Å². The molecule has 0 aliphatic rings. The van der Waals surface area contributed by atoms with E-state index in [0.717, 1.165) is 5.56 Å². The van der Waals surface area contributed by atoms with Crippen molar-refractivity contribution in [1.82, 2.24) is 5.32 Å². The quantitative estimate of drug-likeness (QED) is 0.618. The molecule has 92 valence electrons. The number of benzene rings is 1. The summed E-state index contributed by atoms with van der Waals surface area (Å²) in [5.41, 5.74) is 6.70. The van der Waals surface area contributed by atoms with Gasteiger partial charge in [0.05, 0.1) is 5.41 Å². The molecule has 0 bridgehead atoms. The Labute approximate surface area is 103 Å². The van der Waals surface area contributed by atoms with Crippen molar-refractivity contribution in [2.24, 2.45) is 0 Å². The fraction of sp³-hybridized carbons (Fsp3) is 0.357. The molecule has 3 nitrogen and oxygen atoms in total. The molecule has 1 amide bonds. The first-order valence-electron chi connectivity index (χ1n) is 5.67. The number of nitrogen functional groups attached to an aromatic ring is 1. The van der Waals surface area contributed by atoms with Crippen molar-refractivity contribution in [2.45, 2.75) is 32.2 Å². The highest BCUT2D eigenvalue weighted by Crippen LogP contribution is 2.24. The maximum absolute atomic E-state index is 12.1. The molecule has 3 heteroatoms. The molecule has 1 rings (SSSR count). The fourth-order valence-electron chi connectivity index (χ4n) is 1.48. The lowest BCUT2D eigenvalue weighted by Crippen LogP contribution is -2.43. The van der Waals surface area contributed by atoms with Crippen LogP contribution in [0.5, 0.6) is 0 Å². The lowest BCUT2D eigenvalue weighted by molar-refractivity contribution is -0.126. The Balaban J connectivity index is 2.90. The van der Waals surface area contributed by atoms with Crippen LogP contribution in [0.2, 0.25) is 0 Å². The van der Waals surface area contributed by atoms with Gasteiger partial charge >= 0.3 is 0 Å². The first kappa shape index (κ1) is 13.3. The maximum atomic E-state index is 12.1. The fourth-order valence-corrected chi connectivity index (χ4v) is 1.48. The molecule has 0 saturated carbocycles. The third-order valence-corrected chi connectivity index (χ3v) is 2.91. The van der Waals surface area contributed by atoms with Gasteiger partial charge in [0, 0.05) is 11.7 Å². The van der Waals surface area contributed by atoms with Crippen LogP contribution in [-0.2, 0) is 10.2 Å². The molecular weight excluding hydrogens is 212 g/mol. The number of carbonyl (C=O) groups is 1. The summed E-state index contributed by atoms with van der Waals surface area (Å²) >= 11 is 0. The van der Waals surface area contributed by atoms with E-state index in [1.807, 2.05) is 32.9 Å². The number of nitrogens with one attached hydrogen (secondary N) is 1. The van der Waals surface area contributed by atoms with Crippen molar-refractivity contribution < 1.29 is 4.79 Å². The number of amides is 1. The first-order chi connectivity index (χ1) is 7.87. The summed E-state index contributed by atoms with van der Waals surface area (Å²) in [5.74, 6) is -0.0188. The van der Waals surface area contributed by atoms with Gasteiger partial charge in [-0.15, -0.1) is 6.58 Å². The summed E-state index contributed by atoms with van der Waals surface area (Å²) in [4.78, 5) is 12.1. The topological polar surface area (TPSA) is 55.1 Å². The second-order valence-corrected chi connectivity index (χ2v) is 4.74. The summed E-state index contributed by atoms with van der Waals surface area (Å²) in [6.07, 6.45) is 1.71. The number of carbonyl (C=O) groups excluding carboxylic acids is 1. The van der Waals surface area contributed by atoms with Crippen molar-refractivity contribution in [3.05, 3.63) is 42.5 Å². The normalized spacial score (nSPS) is 12.9. The second kappa shape index (κ2) is 5.04. The molecule has 0 radical (unpaired) electrons. The van der Waals surface area contributed by atoms with Crippen molar-refractivity contribution >= 4 is 11.6 Å². The Hall–Kier alpha value is -1.77. The van der Waals surface area contributed by atoms with E-state index < -0.39 is 5.41 Å². The van der Waals surface area contributed by atoms with Crippen LogP contribution in [0.1, 0.15) is 26.3 Å². The van der Waals surface area contributed by atoms with Gasteiger partial charge in [0.1, 0.15) is 0 Å². The minimum Gasteiger partial charge on any atom is -0.399 e. The minimum absolute atomic E-state index is 0.0188. The molecule has 1 atom stereocenters. The Kier molecular flexibility index (Phi) is 3.94. The SMILES string of the molecule is C=CC(C)NC(=O)C(C)(C)c1ccc(N)cc1. The van der Waals surface area contributed by atoms with Gasteiger partial charge in [0.15, 0.2) is 0 Å². The molecule has 1 aromatic carbocycles. The van der Waals surface area contributed by atoms with Crippen LogP contribution >= 0.6 is 0 Å². The van der Waals surface area contributed by atoms with Gasteiger partial charge in [-0.1, -0.05) is 18.2 Å². The van der Waals surface area contributed by atoms with Gasteiger partial charge in [-0.3, -0.25) is 4.79 Å². The van der Waals surface area contributed by atoms with Gasteiger partial charge in [-0.05, 0) is 38.5 Å². The monoisotopic (exact) mass is 232 g/mol. The molecule has 1 unspecified atom stereocenters. The summed E-state index contributed by atoms with van der Waals surface area (Å²) in [5, 5.41) is 2.89. The maximum Gasteiger partial charge on any atom is 0.230 e. The van der Waals surface area contributed by atoms with Gasteiger partial charge < -0.3 is 11.1 Å². The van der Waals surface area contributed by atoms with Crippen molar-refractivity contribution in [3.63, 3.8) is 0 Å². The van der Waals surface area contributed by atoms with E-state index >= 15 is 0 Å². The van der Waals surface area contributed by atoms with Crippen LogP contribution in [-0.4, -0.2) is 11.9 Å². The summed E-state index contributed by atoms with van der Waals surface area (Å²) in [6, 6.07) is 7.35. The zero-order valence-electron chi connectivity index (χ0n) is 10.7. The van der Waals surface area contributed by atoms with E-state index in [2.05, 4.69) is 11.9 Å². The highest BCUT2D eigenvalue weighted by Gasteiger charge is 2.29. The summed E-state index contributed by atoms with van der Waals surface area (Å²) < 4.78 is 0. The van der Waals surface area contributed by atoms with Gasteiger partial charge in [0.2, 0.25) is 5.91 Å². The van der Waals surface area contributed by atoms with Gasteiger partial charge in [-0.2, -0.15) is 0 Å². The van der Waals surface area contributed by atoms with E-state index in [-0.39, 0.29) is 11.9 Å². The Morgan fingerprint density at radius 1 is 1.41 bits per heavy atom. The first-order valence-corrected chi connectivity index (χ1v) is 5.67. The molecular formula is C14H20N2O. The average Bonchev–Trinajstić information content (AvgIpc) is 2.29.